The Hall–Kier alpha value is -2.06. The van der Waals surface area contributed by atoms with Crippen molar-refractivity contribution in [3.05, 3.63) is 35.7 Å². The third-order valence-electron chi connectivity index (χ3n) is 3.32. The predicted octanol–water partition coefficient (Wildman–Crippen LogP) is 2.28. The second-order valence-electron chi connectivity index (χ2n) is 5.22. The van der Waals surface area contributed by atoms with E-state index < -0.39 is 10.0 Å². The van der Waals surface area contributed by atoms with Crippen molar-refractivity contribution in [3.63, 3.8) is 0 Å². The highest BCUT2D eigenvalue weighted by molar-refractivity contribution is 7.92. The Labute approximate surface area is 136 Å². The molecule has 0 bridgehead atoms. The van der Waals surface area contributed by atoms with Gasteiger partial charge in [-0.3, -0.25) is 9.82 Å². The summed E-state index contributed by atoms with van der Waals surface area (Å²) in [6, 6.07) is 7.11. The highest BCUT2D eigenvalue weighted by atomic mass is 32.2. The van der Waals surface area contributed by atoms with E-state index in [1.165, 1.54) is 0 Å². The molecule has 2 rings (SSSR count). The van der Waals surface area contributed by atoms with Crippen molar-refractivity contribution >= 4 is 21.4 Å². The Morgan fingerprint density at radius 2 is 1.83 bits per heavy atom. The summed E-state index contributed by atoms with van der Waals surface area (Å²) in [5.41, 5.74) is 2.41. The molecule has 23 heavy (non-hydrogen) atoms. The summed E-state index contributed by atoms with van der Waals surface area (Å²) in [4.78, 5) is 0.194. The smallest absolute Gasteiger partial charge is 0.265 e. The lowest BCUT2D eigenvalue weighted by atomic mass is 10.3. The molecule has 7 nitrogen and oxygen atoms in total. The van der Waals surface area contributed by atoms with E-state index in [4.69, 9.17) is 4.74 Å². The molecule has 1 aromatic carbocycles. The average molecular weight is 338 g/mol. The summed E-state index contributed by atoms with van der Waals surface area (Å²) >= 11 is 0. The molecule has 0 saturated carbocycles. The fourth-order valence-corrected chi connectivity index (χ4v) is 3.68. The number of nitrogens with one attached hydrogen (secondary N) is 3. The van der Waals surface area contributed by atoms with Crippen molar-refractivity contribution in [2.75, 3.05) is 30.3 Å². The standard InChI is InChI=1S/C15H22N4O3S/c1-11-15(12(2)18-17-11)23(20,21)19-14-7-5-13(6-8-14)16-9-4-10-22-3/h5-8,16,19H,4,9-10H2,1-3H3,(H,17,18). The first-order valence-corrected chi connectivity index (χ1v) is 8.79. The minimum Gasteiger partial charge on any atom is -0.385 e. The average Bonchev–Trinajstić information content (AvgIpc) is 2.85. The van der Waals surface area contributed by atoms with Crippen molar-refractivity contribution in [2.24, 2.45) is 0 Å². The Bertz CT molecular complexity index is 719. The number of nitrogens with zero attached hydrogens (tertiary/aromatic N) is 1. The summed E-state index contributed by atoms with van der Waals surface area (Å²) in [5, 5.41) is 9.85. The van der Waals surface area contributed by atoms with Crippen LogP contribution in [0.1, 0.15) is 17.8 Å². The molecule has 0 spiro atoms. The number of ether oxygens (including phenoxy) is 1. The van der Waals surface area contributed by atoms with Gasteiger partial charge in [-0.1, -0.05) is 0 Å². The maximum atomic E-state index is 12.4. The molecule has 3 N–H and O–H groups in total. The van der Waals surface area contributed by atoms with Gasteiger partial charge >= 0.3 is 0 Å². The van der Waals surface area contributed by atoms with E-state index in [2.05, 4.69) is 20.2 Å². The van der Waals surface area contributed by atoms with Gasteiger partial charge in [-0.2, -0.15) is 5.10 Å². The lowest BCUT2D eigenvalue weighted by molar-refractivity contribution is 0.198. The third kappa shape index (κ3) is 4.46. The Morgan fingerprint density at radius 3 is 2.39 bits per heavy atom. The van der Waals surface area contributed by atoms with Gasteiger partial charge in [-0.25, -0.2) is 8.42 Å². The van der Waals surface area contributed by atoms with Gasteiger partial charge in [0.15, 0.2) is 0 Å². The van der Waals surface area contributed by atoms with E-state index in [1.807, 2.05) is 12.1 Å². The van der Waals surface area contributed by atoms with Gasteiger partial charge in [0.2, 0.25) is 0 Å². The molecule has 0 amide bonds. The Morgan fingerprint density at radius 1 is 1.17 bits per heavy atom. The number of hydrogen-bond acceptors (Lipinski definition) is 5. The van der Waals surface area contributed by atoms with E-state index in [0.29, 0.717) is 23.7 Å². The van der Waals surface area contributed by atoms with Crippen LogP contribution < -0.4 is 10.0 Å². The number of benzene rings is 1. The summed E-state index contributed by atoms with van der Waals surface area (Å²) in [5.74, 6) is 0. The first-order chi connectivity index (χ1) is 10.9. The molecule has 0 saturated heterocycles. The first kappa shape index (κ1) is 17.3. The maximum absolute atomic E-state index is 12.4. The molecule has 0 atom stereocenters. The van der Waals surface area contributed by atoms with Gasteiger partial charge in [-0.15, -0.1) is 0 Å². The number of rotatable bonds is 8. The molecule has 0 radical (unpaired) electrons. The fourth-order valence-electron chi connectivity index (χ4n) is 2.25. The van der Waals surface area contributed by atoms with E-state index >= 15 is 0 Å². The number of aromatic amines is 1. The second-order valence-corrected chi connectivity index (χ2v) is 6.84. The van der Waals surface area contributed by atoms with Crippen molar-refractivity contribution in [3.8, 4) is 0 Å². The fraction of sp³-hybridized carbons (Fsp3) is 0.400. The largest absolute Gasteiger partial charge is 0.385 e. The molecule has 2 aromatic rings. The van der Waals surface area contributed by atoms with Crippen molar-refractivity contribution in [1.29, 1.82) is 0 Å². The second kappa shape index (κ2) is 7.47. The van der Waals surface area contributed by atoms with E-state index in [1.54, 1.807) is 33.1 Å². The van der Waals surface area contributed by atoms with Crippen LogP contribution in [0.3, 0.4) is 0 Å². The summed E-state index contributed by atoms with van der Waals surface area (Å²) in [7, 11) is -1.98. The van der Waals surface area contributed by atoms with Crippen LogP contribution in [0.25, 0.3) is 0 Å². The number of hydrogen-bond donors (Lipinski definition) is 3. The highest BCUT2D eigenvalue weighted by Gasteiger charge is 2.22. The summed E-state index contributed by atoms with van der Waals surface area (Å²) in [6.45, 7) is 4.84. The Kier molecular flexibility index (Phi) is 5.62. The molecule has 1 heterocycles. The lowest BCUT2D eigenvalue weighted by Crippen LogP contribution is -2.14. The minimum atomic E-state index is -3.65. The zero-order valence-corrected chi connectivity index (χ0v) is 14.3. The normalized spacial score (nSPS) is 11.4. The van der Waals surface area contributed by atoms with Crippen LogP contribution in [0, 0.1) is 13.8 Å². The number of anilines is 2. The SMILES string of the molecule is COCCCNc1ccc(NS(=O)(=O)c2c(C)n[nH]c2C)cc1. The van der Waals surface area contributed by atoms with Crippen molar-refractivity contribution < 1.29 is 13.2 Å². The van der Waals surface area contributed by atoms with E-state index in [0.717, 1.165) is 18.7 Å². The molecule has 8 heteroatoms. The van der Waals surface area contributed by atoms with Crippen LogP contribution in [0.4, 0.5) is 11.4 Å². The van der Waals surface area contributed by atoms with Crippen LogP contribution in [0.2, 0.25) is 0 Å². The molecule has 0 aliphatic rings. The van der Waals surface area contributed by atoms with Gasteiger partial charge < -0.3 is 10.1 Å². The summed E-state index contributed by atoms with van der Waals surface area (Å²) < 4.78 is 32.4. The van der Waals surface area contributed by atoms with Crippen LogP contribution in [-0.4, -0.2) is 38.9 Å². The Balaban J connectivity index is 2.03. The third-order valence-corrected chi connectivity index (χ3v) is 4.96. The summed E-state index contributed by atoms with van der Waals surface area (Å²) in [6.07, 6.45) is 0.907. The molecule has 0 aliphatic heterocycles. The van der Waals surface area contributed by atoms with Crippen molar-refractivity contribution in [1.82, 2.24) is 10.2 Å². The van der Waals surface area contributed by atoms with Gasteiger partial charge in [0.1, 0.15) is 4.90 Å². The van der Waals surface area contributed by atoms with Crippen molar-refractivity contribution in [2.45, 2.75) is 25.2 Å². The van der Waals surface area contributed by atoms with Crippen LogP contribution >= 0.6 is 0 Å². The first-order valence-electron chi connectivity index (χ1n) is 7.31. The molecule has 126 valence electrons. The highest BCUT2D eigenvalue weighted by Crippen LogP contribution is 2.21. The zero-order valence-electron chi connectivity index (χ0n) is 13.5. The molecule has 0 unspecified atom stereocenters. The number of sulfonamides is 1. The van der Waals surface area contributed by atoms with Gasteiger partial charge in [-0.05, 0) is 44.5 Å². The molecular weight excluding hydrogens is 316 g/mol. The van der Waals surface area contributed by atoms with E-state index in [9.17, 15) is 8.42 Å². The monoisotopic (exact) mass is 338 g/mol. The number of H-pyrrole nitrogens is 1. The number of aromatic nitrogens is 2. The number of aryl methyl sites for hydroxylation is 2. The molecule has 0 aliphatic carbocycles. The van der Waals surface area contributed by atoms with Crippen LogP contribution in [-0.2, 0) is 14.8 Å². The van der Waals surface area contributed by atoms with E-state index in [-0.39, 0.29) is 4.90 Å². The molecular formula is C15H22N4O3S. The van der Waals surface area contributed by atoms with Gasteiger partial charge in [0.25, 0.3) is 10.0 Å². The maximum Gasteiger partial charge on any atom is 0.265 e. The topological polar surface area (TPSA) is 96.1 Å². The van der Waals surface area contributed by atoms with Gasteiger partial charge in [0.05, 0.1) is 11.4 Å². The molecule has 1 aromatic heterocycles. The van der Waals surface area contributed by atoms with Gasteiger partial charge in [0, 0.05) is 31.6 Å². The minimum absolute atomic E-state index is 0.194. The lowest BCUT2D eigenvalue weighted by Gasteiger charge is -2.10. The predicted molar refractivity (Wildman–Crippen MR) is 90.3 cm³/mol. The quantitative estimate of drug-likeness (QED) is 0.642. The van der Waals surface area contributed by atoms with Crippen LogP contribution in [0.15, 0.2) is 29.2 Å². The van der Waals surface area contributed by atoms with Crippen LogP contribution in [0.5, 0.6) is 0 Å². The zero-order chi connectivity index (χ0) is 16.9. The number of methoxy groups -OCH3 is 1. The molecule has 0 fully saturated rings.